The van der Waals surface area contributed by atoms with Crippen molar-refractivity contribution in [2.24, 2.45) is 5.73 Å². The third-order valence-corrected chi connectivity index (χ3v) is 3.15. The summed E-state index contributed by atoms with van der Waals surface area (Å²) < 4.78 is 6.36. The van der Waals surface area contributed by atoms with E-state index >= 15 is 0 Å². The molecule has 2 N–H and O–H groups in total. The van der Waals surface area contributed by atoms with Crippen LogP contribution in [0.2, 0.25) is 0 Å². The highest BCUT2D eigenvalue weighted by Gasteiger charge is 2.08. The first-order chi connectivity index (χ1) is 9.61. The molecule has 1 aromatic heterocycles. The Kier molecular flexibility index (Phi) is 4.68. The first-order valence-corrected chi connectivity index (χ1v) is 6.80. The fraction of sp³-hybridized carbons (Fsp3) is 0.500. The largest absolute Gasteiger partial charge is 0.466 e. The molecule has 0 spiro atoms. The molecular weight excluding hydrogens is 258 g/mol. The molecule has 1 aliphatic rings. The lowest BCUT2D eigenvalue weighted by atomic mass is 10.1. The molecule has 6 heteroatoms. The van der Waals surface area contributed by atoms with Gasteiger partial charge >= 0.3 is 5.97 Å². The van der Waals surface area contributed by atoms with Crippen molar-refractivity contribution in [2.45, 2.75) is 38.8 Å². The van der Waals surface area contributed by atoms with E-state index in [4.69, 9.17) is 10.5 Å². The van der Waals surface area contributed by atoms with E-state index in [1.165, 1.54) is 10.9 Å². The van der Waals surface area contributed by atoms with E-state index in [1.54, 1.807) is 13.0 Å². The molecule has 0 aliphatic heterocycles. The summed E-state index contributed by atoms with van der Waals surface area (Å²) in [4.78, 5) is 27.8. The molecular formula is C14H19N3O3. The van der Waals surface area contributed by atoms with Gasteiger partial charge < -0.3 is 10.5 Å². The normalized spacial score (nSPS) is 16.8. The molecule has 1 heterocycles. The number of aryl methyl sites for hydroxylation is 1. The molecule has 0 amide bonds. The van der Waals surface area contributed by atoms with Crippen LogP contribution >= 0.6 is 0 Å². The van der Waals surface area contributed by atoms with Gasteiger partial charge in [0.1, 0.15) is 0 Å². The highest BCUT2D eigenvalue weighted by atomic mass is 16.5. The lowest BCUT2D eigenvalue weighted by Gasteiger charge is -2.09. The number of esters is 1. The van der Waals surface area contributed by atoms with Crippen molar-refractivity contribution in [1.29, 1.82) is 0 Å². The van der Waals surface area contributed by atoms with Crippen molar-refractivity contribution in [2.75, 3.05) is 6.61 Å². The SMILES string of the molecule is CCOC(=O)CCCn1cnc2c(c1=O)=CC(N)CC=2. The van der Waals surface area contributed by atoms with E-state index in [9.17, 15) is 9.59 Å². The van der Waals surface area contributed by atoms with Crippen LogP contribution in [0.25, 0.3) is 12.2 Å². The number of fused-ring (bicyclic) bond motifs is 1. The minimum Gasteiger partial charge on any atom is -0.466 e. The number of hydrogen-bond donors (Lipinski definition) is 1. The van der Waals surface area contributed by atoms with Gasteiger partial charge in [-0.25, -0.2) is 4.98 Å². The van der Waals surface area contributed by atoms with Crippen molar-refractivity contribution in [1.82, 2.24) is 9.55 Å². The predicted molar refractivity (Wildman–Crippen MR) is 75.1 cm³/mol. The molecule has 0 fully saturated rings. The second-order valence-corrected chi connectivity index (χ2v) is 4.72. The number of ether oxygens (including phenoxy) is 1. The molecule has 20 heavy (non-hydrogen) atoms. The van der Waals surface area contributed by atoms with Gasteiger partial charge in [-0.2, -0.15) is 0 Å². The van der Waals surface area contributed by atoms with Gasteiger partial charge in [-0.3, -0.25) is 14.2 Å². The number of rotatable bonds is 5. The molecule has 0 saturated carbocycles. The summed E-state index contributed by atoms with van der Waals surface area (Å²) in [6, 6.07) is -0.132. The Morgan fingerprint density at radius 2 is 2.40 bits per heavy atom. The predicted octanol–water partition coefficient (Wildman–Crippen LogP) is -1.12. The lowest BCUT2D eigenvalue weighted by molar-refractivity contribution is -0.143. The third-order valence-electron chi connectivity index (χ3n) is 3.15. The zero-order chi connectivity index (χ0) is 14.5. The highest BCUT2D eigenvalue weighted by molar-refractivity contribution is 5.69. The number of carbonyl (C=O) groups excluding carboxylic acids is 1. The fourth-order valence-electron chi connectivity index (χ4n) is 2.15. The molecule has 1 atom stereocenters. The average molecular weight is 277 g/mol. The number of nitrogens with zero attached hydrogens (tertiary/aromatic N) is 2. The smallest absolute Gasteiger partial charge is 0.305 e. The summed E-state index contributed by atoms with van der Waals surface area (Å²) in [6.07, 6.45) is 6.71. The second kappa shape index (κ2) is 6.47. The van der Waals surface area contributed by atoms with Crippen LogP contribution in [0.5, 0.6) is 0 Å². The van der Waals surface area contributed by atoms with Crippen molar-refractivity contribution in [3.8, 4) is 0 Å². The van der Waals surface area contributed by atoms with Crippen LogP contribution in [0.15, 0.2) is 11.1 Å². The van der Waals surface area contributed by atoms with Crippen LogP contribution < -0.4 is 21.9 Å². The summed E-state index contributed by atoms with van der Waals surface area (Å²) in [5.74, 6) is -0.242. The van der Waals surface area contributed by atoms with E-state index < -0.39 is 0 Å². The van der Waals surface area contributed by atoms with E-state index in [0.717, 1.165) is 0 Å². The molecule has 1 aliphatic carbocycles. The monoisotopic (exact) mass is 277 g/mol. The first kappa shape index (κ1) is 14.5. The molecule has 2 rings (SSSR count). The zero-order valence-electron chi connectivity index (χ0n) is 11.5. The van der Waals surface area contributed by atoms with Crippen molar-refractivity contribution in [3.05, 3.63) is 27.2 Å². The molecule has 1 unspecified atom stereocenters. The summed E-state index contributed by atoms with van der Waals surface area (Å²) in [7, 11) is 0. The van der Waals surface area contributed by atoms with Gasteiger partial charge in [0.2, 0.25) is 0 Å². The van der Waals surface area contributed by atoms with Gasteiger partial charge in [0.15, 0.2) is 0 Å². The standard InChI is InChI=1S/C14H19N3O3/c1-2-20-13(18)4-3-7-17-9-16-12-6-5-10(15)8-11(12)14(17)19/h6,8-10H,2-5,7,15H2,1H3. The summed E-state index contributed by atoms with van der Waals surface area (Å²) in [5, 5.41) is 1.25. The van der Waals surface area contributed by atoms with Crippen LogP contribution in [0.4, 0.5) is 0 Å². The number of aromatic nitrogens is 2. The van der Waals surface area contributed by atoms with Gasteiger partial charge in [0, 0.05) is 19.0 Å². The van der Waals surface area contributed by atoms with Crippen molar-refractivity contribution >= 4 is 18.1 Å². The van der Waals surface area contributed by atoms with Crippen LogP contribution in [-0.4, -0.2) is 28.2 Å². The molecule has 0 bridgehead atoms. The van der Waals surface area contributed by atoms with E-state index in [-0.39, 0.29) is 17.6 Å². The van der Waals surface area contributed by atoms with Crippen LogP contribution in [-0.2, 0) is 16.1 Å². The Bertz CT molecular complexity index is 663. The fourth-order valence-corrected chi connectivity index (χ4v) is 2.15. The first-order valence-electron chi connectivity index (χ1n) is 6.80. The maximum Gasteiger partial charge on any atom is 0.305 e. The Labute approximate surface area is 116 Å². The van der Waals surface area contributed by atoms with Crippen LogP contribution in [0.1, 0.15) is 26.2 Å². The van der Waals surface area contributed by atoms with Gasteiger partial charge in [0.25, 0.3) is 5.56 Å². The van der Waals surface area contributed by atoms with Crippen molar-refractivity contribution < 1.29 is 9.53 Å². The zero-order valence-corrected chi connectivity index (χ0v) is 11.5. The molecule has 0 aromatic carbocycles. The van der Waals surface area contributed by atoms with Crippen LogP contribution in [0, 0.1) is 0 Å². The number of hydrogen-bond acceptors (Lipinski definition) is 5. The minimum absolute atomic E-state index is 0.106. The van der Waals surface area contributed by atoms with E-state index in [2.05, 4.69) is 4.98 Å². The third kappa shape index (κ3) is 3.33. The molecule has 6 nitrogen and oxygen atoms in total. The number of carbonyl (C=O) groups is 1. The Morgan fingerprint density at radius 3 is 3.15 bits per heavy atom. The topological polar surface area (TPSA) is 87.2 Å². The summed E-state index contributed by atoms with van der Waals surface area (Å²) >= 11 is 0. The van der Waals surface area contributed by atoms with Gasteiger partial charge in [-0.05, 0) is 19.8 Å². The summed E-state index contributed by atoms with van der Waals surface area (Å²) in [5.41, 5.74) is 5.71. The number of nitrogens with two attached hydrogens (primary N) is 1. The maximum atomic E-state index is 12.3. The Hall–Kier alpha value is -1.95. The van der Waals surface area contributed by atoms with Crippen LogP contribution in [0.3, 0.4) is 0 Å². The van der Waals surface area contributed by atoms with Gasteiger partial charge in [0.05, 0.1) is 23.5 Å². The summed E-state index contributed by atoms with van der Waals surface area (Å²) in [6.45, 7) is 2.59. The molecule has 0 radical (unpaired) electrons. The minimum atomic E-state index is -0.242. The molecule has 108 valence electrons. The Morgan fingerprint density at radius 1 is 1.60 bits per heavy atom. The lowest BCUT2D eigenvalue weighted by Crippen LogP contribution is -2.49. The average Bonchev–Trinajstić information content (AvgIpc) is 2.42. The molecule has 1 aromatic rings. The highest BCUT2D eigenvalue weighted by Crippen LogP contribution is 1.95. The van der Waals surface area contributed by atoms with Gasteiger partial charge in [-0.1, -0.05) is 12.2 Å². The van der Waals surface area contributed by atoms with E-state index in [1.807, 2.05) is 6.08 Å². The Balaban J connectivity index is 2.12. The molecule has 0 saturated heterocycles. The van der Waals surface area contributed by atoms with Crippen molar-refractivity contribution in [3.63, 3.8) is 0 Å². The maximum absolute atomic E-state index is 12.3. The quantitative estimate of drug-likeness (QED) is 0.689. The second-order valence-electron chi connectivity index (χ2n) is 4.72. The van der Waals surface area contributed by atoms with Gasteiger partial charge in [-0.15, -0.1) is 0 Å². The van der Waals surface area contributed by atoms with E-state index in [0.29, 0.717) is 43.0 Å².